The second-order valence-corrected chi connectivity index (χ2v) is 5.90. The van der Waals surface area contributed by atoms with Gasteiger partial charge in [-0.2, -0.15) is 0 Å². The summed E-state index contributed by atoms with van der Waals surface area (Å²) in [5, 5.41) is 0. The van der Waals surface area contributed by atoms with Gasteiger partial charge in [0.05, 0.1) is 7.11 Å². The number of ether oxygens (including phenoxy) is 1. The maximum atomic E-state index is 6.42. The fourth-order valence-corrected chi connectivity index (χ4v) is 2.51. The van der Waals surface area contributed by atoms with E-state index in [-0.39, 0.29) is 6.04 Å². The first-order valence-corrected chi connectivity index (χ1v) is 7.75. The second-order valence-electron chi connectivity index (χ2n) is 5.90. The lowest BCUT2D eigenvalue weighted by Crippen LogP contribution is -2.34. The molecule has 0 fully saturated rings. The summed E-state index contributed by atoms with van der Waals surface area (Å²) in [4.78, 5) is 4.63. The Balaban J connectivity index is 2.65. The molecule has 4 heteroatoms. The average molecular weight is 293 g/mol. The van der Waals surface area contributed by atoms with Gasteiger partial charge < -0.3 is 20.3 Å². The lowest BCUT2D eigenvalue weighted by molar-refractivity contribution is 0.251. The number of rotatable bonds is 9. The molecular formula is C17H31N3O. The van der Waals surface area contributed by atoms with E-state index in [0.717, 1.165) is 37.5 Å². The van der Waals surface area contributed by atoms with Gasteiger partial charge in [0.2, 0.25) is 0 Å². The molecular weight excluding hydrogens is 262 g/mol. The topological polar surface area (TPSA) is 41.7 Å². The van der Waals surface area contributed by atoms with Crippen molar-refractivity contribution in [1.82, 2.24) is 9.80 Å². The highest BCUT2D eigenvalue weighted by Gasteiger charge is 2.15. The Labute approximate surface area is 129 Å². The van der Waals surface area contributed by atoms with Crippen LogP contribution in [0.15, 0.2) is 18.2 Å². The molecule has 0 radical (unpaired) electrons. The van der Waals surface area contributed by atoms with Crippen molar-refractivity contribution in [2.45, 2.75) is 26.3 Å². The number of benzene rings is 1. The van der Waals surface area contributed by atoms with Crippen LogP contribution in [-0.4, -0.2) is 57.2 Å². The van der Waals surface area contributed by atoms with Crippen LogP contribution in [0.2, 0.25) is 0 Å². The largest absolute Gasteiger partial charge is 0.496 e. The zero-order valence-electron chi connectivity index (χ0n) is 14.2. The highest BCUT2D eigenvalue weighted by atomic mass is 16.5. The van der Waals surface area contributed by atoms with E-state index in [0.29, 0.717) is 0 Å². The van der Waals surface area contributed by atoms with E-state index in [9.17, 15) is 0 Å². The van der Waals surface area contributed by atoms with Gasteiger partial charge in [-0.15, -0.1) is 0 Å². The number of aryl methyl sites for hydroxylation is 1. The van der Waals surface area contributed by atoms with Crippen LogP contribution in [0.4, 0.5) is 0 Å². The number of hydrogen-bond acceptors (Lipinski definition) is 4. The van der Waals surface area contributed by atoms with Crippen LogP contribution in [0.3, 0.4) is 0 Å². The predicted octanol–water partition coefficient (Wildman–Crippen LogP) is 2.28. The number of hydrogen-bond donors (Lipinski definition) is 1. The van der Waals surface area contributed by atoms with Crippen LogP contribution in [0.25, 0.3) is 0 Å². The summed E-state index contributed by atoms with van der Waals surface area (Å²) < 4.78 is 5.44. The molecule has 1 atom stereocenters. The molecule has 0 aliphatic rings. The van der Waals surface area contributed by atoms with Crippen molar-refractivity contribution in [1.29, 1.82) is 0 Å². The maximum absolute atomic E-state index is 6.42. The Morgan fingerprint density at radius 1 is 1.24 bits per heavy atom. The van der Waals surface area contributed by atoms with Gasteiger partial charge in [0.15, 0.2) is 0 Å². The minimum atomic E-state index is -0.0147. The fourth-order valence-electron chi connectivity index (χ4n) is 2.51. The van der Waals surface area contributed by atoms with E-state index in [1.54, 1.807) is 7.11 Å². The number of likely N-dealkylation sites (N-methyl/N-ethyl adjacent to an activating group) is 1. The van der Waals surface area contributed by atoms with Gasteiger partial charge >= 0.3 is 0 Å². The zero-order chi connectivity index (χ0) is 15.8. The molecule has 120 valence electrons. The summed E-state index contributed by atoms with van der Waals surface area (Å²) in [6.45, 7) is 8.36. The molecule has 0 amide bonds. The molecule has 0 heterocycles. The third-order valence-electron chi connectivity index (χ3n) is 3.77. The maximum Gasteiger partial charge on any atom is 0.123 e. The standard InChI is InChI=1S/C17H31N3O/c1-6-20(11-7-10-19(3)4)13-16(18)15-12-14(2)8-9-17(15)21-5/h8-9,12,16H,6-7,10-11,13,18H2,1-5H3. The molecule has 0 aliphatic carbocycles. The Morgan fingerprint density at radius 3 is 2.52 bits per heavy atom. The van der Waals surface area contributed by atoms with Crippen LogP contribution in [0, 0.1) is 6.92 Å². The fraction of sp³-hybridized carbons (Fsp3) is 0.647. The molecule has 0 saturated carbocycles. The number of nitrogens with zero attached hydrogens (tertiary/aromatic N) is 2. The normalized spacial score (nSPS) is 13.0. The molecule has 0 aromatic heterocycles. The highest BCUT2D eigenvalue weighted by molar-refractivity contribution is 5.39. The van der Waals surface area contributed by atoms with Crippen LogP contribution in [0.1, 0.15) is 30.5 Å². The lowest BCUT2D eigenvalue weighted by atomic mass is 10.0. The van der Waals surface area contributed by atoms with Crippen molar-refractivity contribution in [3.8, 4) is 5.75 Å². The van der Waals surface area contributed by atoms with Crippen LogP contribution in [-0.2, 0) is 0 Å². The minimum Gasteiger partial charge on any atom is -0.496 e. The first kappa shape index (κ1) is 18.0. The monoisotopic (exact) mass is 293 g/mol. The zero-order valence-corrected chi connectivity index (χ0v) is 14.2. The van der Waals surface area contributed by atoms with Crippen LogP contribution < -0.4 is 10.5 Å². The first-order chi connectivity index (χ1) is 9.97. The average Bonchev–Trinajstić information content (AvgIpc) is 2.45. The molecule has 0 saturated heterocycles. The van der Waals surface area contributed by atoms with Crippen LogP contribution >= 0.6 is 0 Å². The molecule has 1 aromatic rings. The number of nitrogens with two attached hydrogens (primary N) is 1. The summed E-state index contributed by atoms with van der Waals surface area (Å²) in [6, 6.07) is 6.19. The molecule has 1 rings (SSSR count). The van der Waals surface area contributed by atoms with E-state index in [1.807, 2.05) is 6.07 Å². The van der Waals surface area contributed by atoms with Gasteiger partial charge in [-0.05, 0) is 53.1 Å². The van der Waals surface area contributed by atoms with Gasteiger partial charge in [0.25, 0.3) is 0 Å². The lowest BCUT2D eigenvalue weighted by Gasteiger charge is -2.26. The van der Waals surface area contributed by atoms with Gasteiger partial charge in [-0.25, -0.2) is 0 Å². The van der Waals surface area contributed by atoms with Crippen molar-refractivity contribution in [2.75, 3.05) is 47.4 Å². The van der Waals surface area contributed by atoms with Crippen molar-refractivity contribution >= 4 is 0 Å². The molecule has 2 N–H and O–H groups in total. The van der Waals surface area contributed by atoms with E-state index in [4.69, 9.17) is 10.5 Å². The Kier molecular flexibility index (Phi) is 7.72. The van der Waals surface area contributed by atoms with E-state index < -0.39 is 0 Å². The third-order valence-corrected chi connectivity index (χ3v) is 3.77. The summed E-state index contributed by atoms with van der Waals surface area (Å²) in [6.07, 6.45) is 1.17. The SMILES string of the molecule is CCN(CCCN(C)C)CC(N)c1cc(C)ccc1OC. The van der Waals surface area contributed by atoms with Gasteiger partial charge in [-0.1, -0.05) is 24.6 Å². The highest BCUT2D eigenvalue weighted by Crippen LogP contribution is 2.25. The van der Waals surface area contributed by atoms with E-state index in [1.165, 1.54) is 12.0 Å². The van der Waals surface area contributed by atoms with E-state index in [2.05, 4.69) is 49.9 Å². The smallest absolute Gasteiger partial charge is 0.123 e. The Hall–Kier alpha value is -1.10. The van der Waals surface area contributed by atoms with Gasteiger partial charge in [-0.3, -0.25) is 0 Å². The molecule has 1 aromatic carbocycles. The third kappa shape index (κ3) is 6.04. The van der Waals surface area contributed by atoms with Crippen LogP contribution in [0.5, 0.6) is 5.75 Å². The minimum absolute atomic E-state index is 0.0147. The molecule has 0 aliphatic heterocycles. The second kappa shape index (κ2) is 9.03. The predicted molar refractivity (Wildman–Crippen MR) is 89.9 cm³/mol. The molecule has 1 unspecified atom stereocenters. The summed E-state index contributed by atoms with van der Waals surface area (Å²) in [5.74, 6) is 0.887. The summed E-state index contributed by atoms with van der Waals surface area (Å²) in [7, 11) is 5.93. The van der Waals surface area contributed by atoms with Gasteiger partial charge in [0, 0.05) is 18.2 Å². The van der Waals surface area contributed by atoms with Crippen molar-refractivity contribution < 1.29 is 4.74 Å². The van der Waals surface area contributed by atoms with Crippen molar-refractivity contribution in [3.63, 3.8) is 0 Å². The summed E-state index contributed by atoms with van der Waals surface area (Å²) in [5.41, 5.74) is 8.74. The van der Waals surface area contributed by atoms with E-state index >= 15 is 0 Å². The molecule has 0 bridgehead atoms. The molecule has 21 heavy (non-hydrogen) atoms. The molecule has 0 spiro atoms. The van der Waals surface area contributed by atoms with Gasteiger partial charge in [0.1, 0.15) is 5.75 Å². The first-order valence-electron chi connectivity index (χ1n) is 7.75. The Morgan fingerprint density at radius 2 is 1.95 bits per heavy atom. The number of methoxy groups -OCH3 is 1. The Bertz CT molecular complexity index is 420. The summed E-state index contributed by atoms with van der Waals surface area (Å²) >= 11 is 0. The molecule has 4 nitrogen and oxygen atoms in total. The van der Waals surface area contributed by atoms with Crippen molar-refractivity contribution in [3.05, 3.63) is 29.3 Å². The van der Waals surface area contributed by atoms with Crippen molar-refractivity contribution in [2.24, 2.45) is 5.73 Å². The quantitative estimate of drug-likeness (QED) is 0.758.